The Morgan fingerprint density at radius 1 is 1.27 bits per heavy atom. The lowest BCUT2D eigenvalue weighted by Crippen LogP contribution is -2.37. The van der Waals surface area contributed by atoms with Crippen LogP contribution < -0.4 is 4.72 Å². The molecule has 0 saturated carbocycles. The summed E-state index contributed by atoms with van der Waals surface area (Å²) in [5, 5.41) is 0. The fraction of sp³-hybridized carbons (Fsp3) is 0.400. The van der Waals surface area contributed by atoms with Gasteiger partial charge < -0.3 is 4.42 Å². The van der Waals surface area contributed by atoms with Gasteiger partial charge in [0, 0.05) is 18.7 Å². The molecule has 0 bridgehead atoms. The van der Waals surface area contributed by atoms with Gasteiger partial charge in [0.25, 0.3) is 0 Å². The van der Waals surface area contributed by atoms with Crippen LogP contribution in [0, 0.1) is 13.8 Å². The van der Waals surface area contributed by atoms with E-state index in [0.29, 0.717) is 11.6 Å². The number of nitrogens with one attached hydrogen (secondary N) is 1. The first-order valence-corrected chi connectivity index (χ1v) is 8.45. The molecule has 22 heavy (non-hydrogen) atoms. The first-order valence-electron chi connectivity index (χ1n) is 7.01. The van der Waals surface area contributed by atoms with Gasteiger partial charge in [0.1, 0.15) is 5.76 Å². The van der Waals surface area contributed by atoms with Crippen LogP contribution in [0.4, 0.5) is 5.69 Å². The van der Waals surface area contributed by atoms with Gasteiger partial charge in [-0.3, -0.25) is 4.72 Å². The smallest absolute Gasteiger partial charge is 0.301 e. The standard InChI is InChI=1S/C15H21N3O3S/c1-10(2)18(5)22(19,20)17-14-8-6-7-13(9-14)15-16-11(3)12(4)21-15/h6-10,17H,1-5H3. The summed E-state index contributed by atoms with van der Waals surface area (Å²) in [6.45, 7) is 7.34. The Bertz CT molecular complexity index is 747. The topological polar surface area (TPSA) is 75.4 Å². The third-order valence-corrected chi connectivity index (χ3v) is 5.16. The van der Waals surface area contributed by atoms with Crippen molar-refractivity contribution in [2.24, 2.45) is 0 Å². The monoisotopic (exact) mass is 323 g/mol. The maximum absolute atomic E-state index is 12.2. The van der Waals surface area contributed by atoms with E-state index in [-0.39, 0.29) is 6.04 Å². The summed E-state index contributed by atoms with van der Waals surface area (Å²) in [5.41, 5.74) is 2.02. The van der Waals surface area contributed by atoms with Crippen molar-refractivity contribution >= 4 is 15.9 Å². The molecule has 0 unspecified atom stereocenters. The lowest BCUT2D eigenvalue weighted by molar-refractivity contribution is 0.414. The van der Waals surface area contributed by atoms with E-state index in [2.05, 4.69) is 9.71 Å². The number of oxazole rings is 1. The lowest BCUT2D eigenvalue weighted by Gasteiger charge is -2.21. The highest BCUT2D eigenvalue weighted by Gasteiger charge is 2.20. The minimum absolute atomic E-state index is 0.127. The van der Waals surface area contributed by atoms with Crippen LogP contribution in [0.3, 0.4) is 0 Å². The number of aryl methyl sites for hydroxylation is 2. The van der Waals surface area contributed by atoms with Gasteiger partial charge in [0.05, 0.1) is 11.4 Å². The molecule has 0 atom stereocenters. The molecule has 1 aromatic carbocycles. The van der Waals surface area contributed by atoms with E-state index < -0.39 is 10.2 Å². The molecule has 0 aliphatic carbocycles. The molecule has 1 heterocycles. The Morgan fingerprint density at radius 3 is 2.50 bits per heavy atom. The zero-order chi connectivity index (χ0) is 16.5. The van der Waals surface area contributed by atoms with Crippen LogP contribution in [0.5, 0.6) is 0 Å². The van der Waals surface area contributed by atoms with Crippen LogP contribution in [0.1, 0.15) is 25.3 Å². The Hall–Kier alpha value is -1.86. The highest BCUT2D eigenvalue weighted by Crippen LogP contribution is 2.24. The summed E-state index contributed by atoms with van der Waals surface area (Å²) < 4.78 is 33.9. The number of benzene rings is 1. The van der Waals surface area contributed by atoms with E-state index in [1.807, 2.05) is 33.8 Å². The van der Waals surface area contributed by atoms with E-state index in [4.69, 9.17) is 4.42 Å². The van der Waals surface area contributed by atoms with Gasteiger partial charge >= 0.3 is 10.2 Å². The van der Waals surface area contributed by atoms with Crippen molar-refractivity contribution in [1.82, 2.24) is 9.29 Å². The minimum atomic E-state index is -3.58. The zero-order valence-electron chi connectivity index (χ0n) is 13.4. The number of rotatable bonds is 5. The highest BCUT2D eigenvalue weighted by molar-refractivity contribution is 7.90. The lowest BCUT2D eigenvalue weighted by atomic mass is 10.2. The van der Waals surface area contributed by atoms with Gasteiger partial charge in [-0.2, -0.15) is 12.7 Å². The summed E-state index contributed by atoms with van der Waals surface area (Å²) in [4.78, 5) is 4.33. The maximum atomic E-state index is 12.2. The number of hydrogen-bond acceptors (Lipinski definition) is 4. The first kappa shape index (κ1) is 16.5. The highest BCUT2D eigenvalue weighted by atomic mass is 32.2. The minimum Gasteiger partial charge on any atom is -0.441 e. The molecule has 0 amide bonds. The fourth-order valence-electron chi connectivity index (χ4n) is 1.81. The fourth-order valence-corrected chi connectivity index (χ4v) is 2.93. The van der Waals surface area contributed by atoms with Crippen molar-refractivity contribution < 1.29 is 12.8 Å². The number of anilines is 1. The molecule has 7 heteroatoms. The molecule has 0 saturated heterocycles. The van der Waals surface area contributed by atoms with E-state index in [0.717, 1.165) is 17.0 Å². The second-order valence-corrected chi connectivity index (χ2v) is 7.19. The van der Waals surface area contributed by atoms with E-state index >= 15 is 0 Å². The molecule has 0 fully saturated rings. The molecular weight excluding hydrogens is 302 g/mol. The van der Waals surface area contributed by atoms with Crippen molar-refractivity contribution in [3.63, 3.8) is 0 Å². The number of aromatic nitrogens is 1. The summed E-state index contributed by atoms with van der Waals surface area (Å²) in [5.74, 6) is 1.23. The van der Waals surface area contributed by atoms with Gasteiger partial charge in [0.15, 0.2) is 0 Å². The molecule has 120 valence electrons. The predicted octanol–water partition coefficient (Wildman–Crippen LogP) is 2.96. The first-order chi connectivity index (χ1) is 10.2. The normalized spacial score (nSPS) is 12.1. The van der Waals surface area contributed by atoms with Crippen molar-refractivity contribution in [2.45, 2.75) is 33.7 Å². The van der Waals surface area contributed by atoms with Crippen molar-refractivity contribution in [3.8, 4) is 11.5 Å². The third kappa shape index (κ3) is 3.48. The molecule has 0 aliphatic rings. The van der Waals surface area contributed by atoms with Crippen LogP contribution in [-0.4, -0.2) is 30.8 Å². The molecule has 0 radical (unpaired) electrons. The van der Waals surface area contributed by atoms with Crippen LogP contribution in [0.15, 0.2) is 28.7 Å². The van der Waals surface area contributed by atoms with Crippen molar-refractivity contribution in [2.75, 3.05) is 11.8 Å². The average molecular weight is 323 g/mol. The predicted molar refractivity (Wildman–Crippen MR) is 86.9 cm³/mol. The summed E-state index contributed by atoms with van der Waals surface area (Å²) in [6, 6.07) is 6.86. The number of hydrogen-bond donors (Lipinski definition) is 1. The van der Waals surface area contributed by atoms with Gasteiger partial charge in [0.2, 0.25) is 5.89 Å². The van der Waals surface area contributed by atoms with Gasteiger partial charge in [-0.25, -0.2) is 4.98 Å². The summed E-state index contributed by atoms with van der Waals surface area (Å²) in [7, 11) is -2.04. The summed E-state index contributed by atoms with van der Waals surface area (Å²) in [6.07, 6.45) is 0. The third-order valence-electron chi connectivity index (χ3n) is 3.49. The number of nitrogens with zero attached hydrogens (tertiary/aromatic N) is 2. The Morgan fingerprint density at radius 2 is 1.95 bits per heavy atom. The molecule has 1 aromatic heterocycles. The SMILES string of the molecule is Cc1nc(-c2cccc(NS(=O)(=O)N(C)C(C)C)c2)oc1C. The molecule has 2 rings (SSSR count). The van der Waals surface area contributed by atoms with Gasteiger partial charge in [-0.1, -0.05) is 6.07 Å². The van der Waals surface area contributed by atoms with E-state index in [1.54, 1.807) is 18.2 Å². The van der Waals surface area contributed by atoms with Crippen LogP contribution >= 0.6 is 0 Å². The van der Waals surface area contributed by atoms with Crippen molar-refractivity contribution in [3.05, 3.63) is 35.7 Å². The van der Waals surface area contributed by atoms with Crippen molar-refractivity contribution in [1.29, 1.82) is 0 Å². The Labute approximate surface area is 131 Å². The Balaban J connectivity index is 2.29. The molecule has 0 spiro atoms. The van der Waals surface area contributed by atoms with Gasteiger partial charge in [-0.05, 0) is 45.9 Å². The van der Waals surface area contributed by atoms with E-state index in [1.165, 1.54) is 11.4 Å². The second-order valence-electron chi connectivity index (χ2n) is 5.46. The Kier molecular flexibility index (Phi) is 4.58. The zero-order valence-corrected chi connectivity index (χ0v) is 14.2. The van der Waals surface area contributed by atoms with Gasteiger partial charge in [-0.15, -0.1) is 0 Å². The quantitative estimate of drug-likeness (QED) is 0.918. The molecule has 0 aliphatic heterocycles. The average Bonchev–Trinajstić information content (AvgIpc) is 2.77. The second kappa shape index (κ2) is 6.10. The maximum Gasteiger partial charge on any atom is 0.301 e. The molecule has 1 N–H and O–H groups in total. The molecule has 2 aromatic rings. The molecular formula is C15H21N3O3S. The van der Waals surface area contributed by atoms with Crippen LogP contribution in [0.2, 0.25) is 0 Å². The summed E-state index contributed by atoms with van der Waals surface area (Å²) >= 11 is 0. The van der Waals surface area contributed by atoms with Crippen LogP contribution in [0.25, 0.3) is 11.5 Å². The van der Waals surface area contributed by atoms with E-state index in [9.17, 15) is 8.42 Å². The molecule has 6 nitrogen and oxygen atoms in total. The van der Waals surface area contributed by atoms with Crippen LogP contribution in [-0.2, 0) is 10.2 Å². The largest absolute Gasteiger partial charge is 0.441 e.